The highest BCUT2D eigenvalue weighted by molar-refractivity contribution is 5.81. The number of carbonyl (C=O) groups excluding carboxylic acids is 1. The fourth-order valence-corrected chi connectivity index (χ4v) is 3.41. The lowest BCUT2D eigenvalue weighted by atomic mass is 9.98. The monoisotopic (exact) mass is 320 g/mol. The van der Waals surface area contributed by atoms with Crippen molar-refractivity contribution < 1.29 is 4.79 Å². The van der Waals surface area contributed by atoms with Crippen molar-refractivity contribution in [3.05, 3.63) is 59.4 Å². The SMILES string of the molecule is O=C(CCCc1ccccc1)N1CCc2c(cnc3[nH]ncc23)C1. The summed E-state index contributed by atoms with van der Waals surface area (Å²) in [6.07, 6.45) is 7.03. The average Bonchev–Trinajstić information content (AvgIpc) is 3.11. The summed E-state index contributed by atoms with van der Waals surface area (Å²) in [5.41, 5.74) is 4.55. The van der Waals surface area contributed by atoms with Gasteiger partial charge in [0, 0.05) is 31.1 Å². The number of carbonyl (C=O) groups is 1. The Morgan fingerprint density at radius 2 is 2.08 bits per heavy atom. The molecule has 0 saturated heterocycles. The highest BCUT2D eigenvalue weighted by atomic mass is 16.2. The average molecular weight is 320 g/mol. The number of pyridine rings is 1. The molecule has 24 heavy (non-hydrogen) atoms. The Kier molecular flexibility index (Phi) is 3.99. The van der Waals surface area contributed by atoms with Gasteiger partial charge < -0.3 is 4.90 Å². The third kappa shape index (κ3) is 2.89. The van der Waals surface area contributed by atoms with Crippen LogP contribution >= 0.6 is 0 Å². The third-order valence-electron chi connectivity index (χ3n) is 4.73. The van der Waals surface area contributed by atoms with E-state index in [2.05, 4.69) is 27.3 Å². The van der Waals surface area contributed by atoms with Crippen molar-refractivity contribution in [3.8, 4) is 0 Å². The molecule has 0 atom stereocenters. The number of aromatic amines is 1. The second-order valence-corrected chi connectivity index (χ2v) is 6.30. The predicted molar refractivity (Wildman–Crippen MR) is 92.4 cm³/mol. The van der Waals surface area contributed by atoms with Gasteiger partial charge >= 0.3 is 0 Å². The Labute approximate surface area is 140 Å². The lowest BCUT2D eigenvalue weighted by Crippen LogP contribution is -2.36. The molecule has 5 heteroatoms. The molecule has 1 N–H and O–H groups in total. The molecule has 3 heterocycles. The largest absolute Gasteiger partial charge is 0.338 e. The van der Waals surface area contributed by atoms with Crippen LogP contribution in [0.5, 0.6) is 0 Å². The number of aryl methyl sites for hydroxylation is 1. The van der Waals surface area contributed by atoms with Crippen molar-refractivity contribution in [2.45, 2.75) is 32.2 Å². The molecule has 0 bridgehead atoms. The molecule has 0 saturated carbocycles. The maximum absolute atomic E-state index is 12.5. The van der Waals surface area contributed by atoms with E-state index in [9.17, 15) is 4.79 Å². The van der Waals surface area contributed by atoms with Crippen molar-refractivity contribution in [3.63, 3.8) is 0 Å². The van der Waals surface area contributed by atoms with Gasteiger partial charge in [-0.2, -0.15) is 5.10 Å². The summed E-state index contributed by atoms with van der Waals surface area (Å²) in [6.45, 7) is 1.44. The molecule has 0 radical (unpaired) electrons. The van der Waals surface area contributed by atoms with E-state index in [0.29, 0.717) is 13.0 Å². The fraction of sp³-hybridized carbons (Fsp3) is 0.316. The van der Waals surface area contributed by atoms with Gasteiger partial charge in [-0.25, -0.2) is 4.98 Å². The Bertz CT molecular complexity index is 856. The van der Waals surface area contributed by atoms with E-state index >= 15 is 0 Å². The molecule has 0 spiro atoms. The first-order chi connectivity index (χ1) is 11.8. The molecular formula is C19H20N4O. The van der Waals surface area contributed by atoms with Crippen LogP contribution in [-0.2, 0) is 24.2 Å². The van der Waals surface area contributed by atoms with E-state index < -0.39 is 0 Å². The molecule has 0 aliphatic carbocycles. The number of benzene rings is 1. The van der Waals surface area contributed by atoms with Gasteiger partial charge in [0.05, 0.1) is 6.20 Å². The molecule has 0 fully saturated rings. The van der Waals surface area contributed by atoms with Crippen molar-refractivity contribution >= 4 is 16.9 Å². The smallest absolute Gasteiger partial charge is 0.222 e. The molecule has 3 aromatic rings. The Morgan fingerprint density at radius 3 is 2.96 bits per heavy atom. The van der Waals surface area contributed by atoms with Crippen LogP contribution in [-0.4, -0.2) is 32.5 Å². The van der Waals surface area contributed by atoms with Gasteiger partial charge in [0.1, 0.15) is 0 Å². The minimum absolute atomic E-state index is 0.240. The molecule has 5 nitrogen and oxygen atoms in total. The van der Waals surface area contributed by atoms with Crippen LogP contribution < -0.4 is 0 Å². The van der Waals surface area contributed by atoms with Crippen LogP contribution in [0.4, 0.5) is 0 Å². The van der Waals surface area contributed by atoms with Gasteiger partial charge in [-0.15, -0.1) is 0 Å². The van der Waals surface area contributed by atoms with Crippen molar-refractivity contribution in [1.29, 1.82) is 0 Å². The molecule has 1 aliphatic rings. The van der Waals surface area contributed by atoms with Crippen molar-refractivity contribution in [1.82, 2.24) is 20.1 Å². The highest BCUT2D eigenvalue weighted by Gasteiger charge is 2.22. The Hall–Kier alpha value is -2.69. The van der Waals surface area contributed by atoms with Gasteiger partial charge in [-0.05, 0) is 36.0 Å². The van der Waals surface area contributed by atoms with Crippen LogP contribution in [0.25, 0.3) is 11.0 Å². The number of nitrogens with one attached hydrogen (secondary N) is 1. The van der Waals surface area contributed by atoms with Crippen LogP contribution in [0.1, 0.15) is 29.5 Å². The summed E-state index contributed by atoms with van der Waals surface area (Å²) in [4.78, 5) is 18.9. The van der Waals surface area contributed by atoms with Gasteiger partial charge in [0.2, 0.25) is 5.91 Å². The van der Waals surface area contributed by atoms with Crippen LogP contribution in [0.15, 0.2) is 42.7 Å². The second-order valence-electron chi connectivity index (χ2n) is 6.30. The van der Waals surface area contributed by atoms with E-state index in [-0.39, 0.29) is 5.91 Å². The predicted octanol–water partition coefficient (Wildman–Crippen LogP) is 2.87. The first-order valence-corrected chi connectivity index (χ1v) is 8.43. The molecule has 1 amide bonds. The number of rotatable bonds is 4. The lowest BCUT2D eigenvalue weighted by molar-refractivity contribution is -0.132. The van der Waals surface area contributed by atoms with E-state index in [4.69, 9.17) is 0 Å². The summed E-state index contributed by atoms with van der Waals surface area (Å²) in [5.74, 6) is 0.240. The second kappa shape index (κ2) is 6.43. The number of fused-ring (bicyclic) bond motifs is 3. The molecule has 1 aliphatic heterocycles. The molecule has 1 aromatic carbocycles. The zero-order valence-electron chi connectivity index (χ0n) is 13.5. The van der Waals surface area contributed by atoms with E-state index in [1.807, 2.05) is 35.5 Å². The minimum Gasteiger partial charge on any atom is -0.338 e. The topological polar surface area (TPSA) is 61.9 Å². The standard InChI is InChI=1S/C19H20N4O/c24-18(8-4-7-14-5-2-1-3-6-14)23-10-9-16-15(13-23)11-20-19-17(16)12-21-22-19/h1-3,5-6,11-12H,4,7-10,13H2,(H,20,21,22). The Balaban J connectivity index is 1.38. The van der Waals surface area contributed by atoms with Crippen LogP contribution in [0, 0.1) is 0 Å². The number of hydrogen-bond acceptors (Lipinski definition) is 3. The maximum atomic E-state index is 12.5. The molecule has 2 aromatic heterocycles. The lowest BCUT2D eigenvalue weighted by Gasteiger charge is -2.29. The Morgan fingerprint density at radius 1 is 1.21 bits per heavy atom. The van der Waals surface area contributed by atoms with Gasteiger partial charge in [-0.3, -0.25) is 9.89 Å². The molecule has 122 valence electrons. The number of nitrogens with zero attached hydrogens (tertiary/aromatic N) is 3. The first kappa shape index (κ1) is 14.9. The van der Waals surface area contributed by atoms with Gasteiger partial charge in [0.15, 0.2) is 5.65 Å². The molecular weight excluding hydrogens is 300 g/mol. The van der Waals surface area contributed by atoms with Crippen LogP contribution in [0.2, 0.25) is 0 Å². The number of amides is 1. The minimum atomic E-state index is 0.240. The first-order valence-electron chi connectivity index (χ1n) is 8.43. The number of aromatic nitrogens is 3. The summed E-state index contributed by atoms with van der Waals surface area (Å²) in [7, 11) is 0. The van der Waals surface area contributed by atoms with Gasteiger partial charge in [-0.1, -0.05) is 30.3 Å². The number of H-pyrrole nitrogens is 1. The zero-order chi connectivity index (χ0) is 16.4. The van der Waals surface area contributed by atoms with Crippen LogP contribution in [0.3, 0.4) is 0 Å². The molecule has 4 rings (SSSR count). The van der Waals surface area contributed by atoms with Gasteiger partial charge in [0.25, 0.3) is 0 Å². The summed E-state index contributed by atoms with van der Waals surface area (Å²) < 4.78 is 0. The number of hydrogen-bond donors (Lipinski definition) is 1. The van der Waals surface area contributed by atoms with E-state index in [1.54, 1.807) is 0 Å². The third-order valence-corrected chi connectivity index (χ3v) is 4.73. The van der Waals surface area contributed by atoms with E-state index in [0.717, 1.165) is 42.4 Å². The fourth-order valence-electron chi connectivity index (χ4n) is 3.41. The maximum Gasteiger partial charge on any atom is 0.222 e. The quantitative estimate of drug-likeness (QED) is 0.804. The summed E-state index contributed by atoms with van der Waals surface area (Å²) >= 11 is 0. The summed E-state index contributed by atoms with van der Waals surface area (Å²) in [6, 6.07) is 10.3. The highest BCUT2D eigenvalue weighted by Crippen LogP contribution is 2.25. The molecule has 0 unspecified atom stereocenters. The van der Waals surface area contributed by atoms with Crippen molar-refractivity contribution in [2.24, 2.45) is 0 Å². The normalized spacial score (nSPS) is 13.9. The van der Waals surface area contributed by atoms with Crippen molar-refractivity contribution in [2.75, 3.05) is 6.54 Å². The zero-order valence-corrected chi connectivity index (χ0v) is 13.5. The van der Waals surface area contributed by atoms with E-state index in [1.165, 1.54) is 11.1 Å². The summed E-state index contributed by atoms with van der Waals surface area (Å²) in [5, 5.41) is 8.06.